The summed E-state index contributed by atoms with van der Waals surface area (Å²) >= 11 is 0. The van der Waals surface area contributed by atoms with Gasteiger partial charge in [-0.05, 0) is 25.0 Å². The van der Waals surface area contributed by atoms with Crippen molar-refractivity contribution in [2.45, 2.75) is 31.3 Å². The maximum Gasteiger partial charge on any atom is 0.0972 e. The minimum absolute atomic E-state index is 0.491. The molecular formula is C13H14N4. The molecule has 4 nitrogen and oxygen atoms in total. The Labute approximate surface area is 99.5 Å². The highest BCUT2D eigenvalue weighted by Crippen LogP contribution is 2.39. The van der Waals surface area contributed by atoms with Gasteiger partial charge >= 0.3 is 0 Å². The average molecular weight is 226 g/mol. The van der Waals surface area contributed by atoms with Crippen molar-refractivity contribution in [1.82, 2.24) is 20.5 Å². The standard InChI is InChI=1S/C13H14N4/c1-2-10-12-11(7-9(1)15-10)16-17-13(12)8-3-5-14-6-4-8/h3-6,9-10,15H,1-2,7H2,(H,16,17). The van der Waals surface area contributed by atoms with Gasteiger partial charge in [0, 0.05) is 47.7 Å². The second-order valence-electron chi connectivity index (χ2n) is 4.90. The lowest BCUT2D eigenvalue weighted by atomic mass is 9.97. The number of aromatic nitrogens is 3. The molecule has 0 aliphatic carbocycles. The van der Waals surface area contributed by atoms with Crippen LogP contribution in [0.15, 0.2) is 24.5 Å². The van der Waals surface area contributed by atoms with E-state index in [-0.39, 0.29) is 0 Å². The molecule has 1 fully saturated rings. The zero-order chi connectivity index (χ0) is 11.2. The monoisotopic (exact) mass is 226 g/mol. The second kappa shape index (κ2) is 3.40. The van der Waals surface area contributed by atoms with Crippen molar-refractivity contribution < 1.29 is 0 Å². The van der Waals surface area contributed by atoms with Crippen molar-refractivity contribution in [3.05, 3.63) is 35.8 Å². The molecule has 2 aliphatic rings. The first-order valence-corrected chi connectivity index (χ1v) is 6.15. The first-order chi connectivity index (χ1) is 8.42. The van der Waals surface area contributed by atoms with Crippen LogP contribution in [0.3, 0.4) is 0 Å². The number of nitrogens with zero attached hydrogens (tertiary/aromatic N) is 2. The fourth-order valence-electron chi connectivity index (χ4n) is 3.10. The van der Waals surface area contributed by atoms with E-state index in [9.17, 15) is 0 Å². The van der Waals surface area contributed by atoms with Gasteiger partial charge in [0.2, 0.25) is 0 Å². The SMILES string of the molecule is c1cc(-c2n[nH]c3c2C2CCC(C3)N2)ccn1. The lowest BCUT2D eigenvalue weighted by molar-refractivity contribution is 0.511. The molecule has 2 atom stereocenters. The summed E-state index contributed by atoms with van der Waals surface area (Å²) in [6.45, 7) is 0. The molecule has 0 aromatic carbocycles. The van der Waals surface area contributed by atoms with Gasteiger partial charge in [0.1, 0.15) is 0 Å². The van der Waals surface area contributed by atoms with Crippen molar-refractivity contribution in [2.75, 3.05) is 0 Å². The van der Waals surface area contributed by atoms with Crippen LogP contribution in [0.25, 0.3) is 11.3 Å². The van der Waals surface area contributed by atoms with Crippen molar-refractivity contribution in [3.63, 3.8) is 0 Å². The minimum atomic E-state index is 0.491. The lowest BCUT2D eigenvalue weighted by Crippen LogP contribution is -2.31. The molecule has 0 spiro atoms. The van der Waals surface area contributed by atoms with Crippen LogP contribution in [0.1, 0.15) is 30.1 Å². The van der Waals surface area contributed by atoms with Gasteiger partial charge in [-0.15, -0.1) is 0 Å². The van der Waals surface area contributed by atoms with Gasteiger partial charge in [0.15, 0.2) is 0 Å². The molecule has 0 saturated carbocycles. The third-order valence-corrected chi connectivity index (χ3v) is 3.88. The maximum atomic E-state index is 4.49. The number of hydrogen-bond acceptors (Lipinski definition) is 3. The molecule has 1 saturated heterocycles. The quantitative estimate of drug-likeness (QED) is 0.780. The largest absolute Gasteiger partial charge is 0.307 e. The Balaban J connectivity index is 1.87. The van der Waals surface area contributed by atoms with Gasteiger partial charge in [-0.3, -0.25) is 10.1 Å². The fraction of sp³-hybridized carbons (Fsp3) is 0.385. The molecule has 4 rings (SSSR count). The Hall–Kier alpha value is -1.68. The van der Waals surface area contributed by atoms with Crippen LogP contribution in [0.2, 0.25) is 0 Å². The summed E-state index contributed by atoms with van der Waals surface area (Å²) in [6, 6.07) is 5.19. The molecule has 0 amide bonds. The zero-order valence-corrected chi connectivity index (χ0v) is 9.48. The first kappa shape index (κ1) is 9.36. The Morgan fingerprint density at radius 2 is 2.06 bits per heavy atom. The predicted molar refractivity (Wildman–Crippen MR) is 64.4 cm³/mol. The van der Waals surface area contributed by atoms with Crippen molar-refractivity contribution in [1.29, 1.82) is 0 Å². The molecule has 2 N–H and O–H groups in total. The summed E-state index contributed by atoms with van der Waals surface area (Å²) in [4.78, 5) is 4.06. The second-order valence-corrected chi connectivity index (χ2v) is 4.90. The third-order valence-electron chi connectivity index (χ3n) is 3.88. The summed E-state index contributed by atoms with van der Waals surface area (Å²) < 4.78 is 0. The molecule has 0 radical (unpaired) electrons. The predicted octanol–water partition coefficient (Wildman–Crippen LogP) is 1.82. The smallest absolute Gasteiger partial charge is 0.0972 e. The van der Waals surface area contributed by atoms with Crippen LogP contribution >= 0.6 is 0 Å². The average Bonchev–Trinajstić information content (AvgIpc) is 2.96. The summed E-state index contributed by atoms with van der Waals surface area (Å²) in [5.74, 6) is 0. The molecule has 2 aromatic rings. The first-order valence-electron chi connectivity index (χ1n) is 6.15. The van der Waals surface area contributed by atoms with E-state index < -0.39 is 0 Å². The van der Waals surface area contributed by atoms with E-state index in [0.29, 0.717) is 12.1 Å². The number of H-pyrrole nitrogens is 1. The van der Waals surface area contributed by atoms with Gasteiger partial charge in [-0.2, -0.15) is 5.10 Å². The van der Waals surface area contributed by atoms with E-state index in [4.69, 9.17) is 0 Å². The van der Waals surface area contributed by atoms with Crippen LogP contribution in [0.5, 0.6) is 0 Å². The molecule has 17 heavy (non-hydrogen) atoms. The molecule has 4 heteroatoms. The summed E-state index contributed by atoms with van der Waals surface area (Å²) in [7, 11) is 0. The van der Waals surface area contributed by atoms with Crippen molar-refractivity contribution in [2.24, 2.45) is 0 Å². The number of nitrogens with one attached hydrogen (secondary N) is 2. The van der Waals surface area contributed by atoms with Crippen LogP contribution in [0.4, 0.5) is 0 Å². The minimum Gasteiger partial charge on any atom is -0.307 e. The van der Waals surface area contributed by atoms with E-state index in [0.717, 1.165) is 17.7 Å². The van der Waals surface area contributed by atoms with E-state index in [1.54, 1.807) is 0 Å². The summed E-state index contributed by atoms with van der Waals surface area (Å²) in [5, 5.41) is 11.4. The highest BCUT2D eigenvalue weighted by Gasteiger charge is 2.35. The van der Waals surface area contributed by atoms with Gasteiger partial charge in [-0.1, -0.05) is 0 Å². The molecule has 4 heterocycles. The van der Waals surface area contributed by atoms with E-state index in [1.165, 1.54) is 24.1 Å². The Morgan fingerprint density at radius 1 is 1.18 bits per heavy atom. The van der Waals surface area contributed by atoms with E-state index in [2.05, 4.69) is 20.5 Å². The number of hydrogen-bond donors (Lipinski definition) is 2. The summed E-state index contributed by atoms with van der Waals surface area (Å²) in [5.41, 5.74) is 4.96. The van der Waals surface area contributed by atoms with E-state index >= 15 is 0 Å². The highest BCUT2D eigenvalue weighted by atomic mass is 15.2. The zero-order valence-electron chi connectivity index (χ0n) is 9.48. The van der Waals surface area contributed by atoms with Gasteiger partial charge in [0.05, 0.1) is 5.69 Å². The van der Waals surface area contributed by atoms with Gasteiger partial charge in [0.25, 0.3) is 0 Å². The Morgan fingerprint density at radius 3 is 2.94 bits per heavy atom. The topological polar surface area (TPSA) is 53.6 Å². The normalized spacial score (nSPS) is 25.9. The molecular weight excluding hydrogens is 212 g/mol. The van der Waals surface area contributed by atoms with E-state index in [1.807, 2.05) is 24.5 Å². The van der Waals surface area contributed by atoms with Crippen molar-refractivity contribution in [3.8, 4) is 11.3 Å². The highest BCUT2D eigenvalue weighted by molar-refractivity contribution is 5.65. The molecule has 2 unspecified atom stereocenters. The van der Waals surface area contributed by atoms with Gasteiger partial charge < -0.3 is 5.32 Å². The van der Waals surface area contributed by atoms with Crippen LogP contribution in [-0.4, -0.2) is 21.2 Å². The third kappa shape index (κ3) is 1.34. The summed E-state index contributed by atoms with van der Waals surface area (Å²) in [6.07, 6.45) is 7.25. The maximum absolute atomic E-state index is 4.49. The molecule has 86 valence electrons. The number of aromatic amines is 1. The fourth-order valence-corrected chi connectivity index (χ4v) is 3.10. The Bertz CT molecular complexity index is 546. The van der Waals surface area contributed by atoms with Gasteiger partial charge in [-0.25, -0.2) is 0 Å². The number of pyridine rings is 1. The van der Waals surface area contributed by atoms with Crippen LogP contribution < -0.4 is 5.32 Å². The van der Waals surface area contributed by atoms with Crippen LogP contribution in [-0.2, 0) is 6.42 Å². The number of rotatable bonds is 1. The van der Waals surface area contributed by atoms with Crippen molar-refractivity contribution >= 4 is 0 Å². The Kier molecular flexibility index (Phi) is 1.87. The molecule has 2 aliphatic heterocycles. The van der Waals surface area contributed by atoms with Crippen LogP contribution in [0, 0.1) is 0 Å². The molecule has 2 aromatic heterocycles. The lowest BCUT2D eigenvalue weighted by Gasteiger charge is -2.21. The molecule has 2 bridgehead atoms. The number of fused-ring (bicyclic) bond motifs is 4.